The highest BCUT2D eigenvalue weighted by Crippen LogP contribution is 2.36. The largest absolute Gasteiger partial charge is 0.493 e. The third kappa shape index (κ3) is 4.48. The molecule has 1 aliphatic rings. The molecule has 5 aromatic rings. The van der Waals surface area contributed by atoms with Crippen molar-refractivity contribution in [3.8, 4) is 11.8 Å². The molecule has 0 saturated carbocycles. The molecular formula is C28H26FN5O3. The summed E-state index contributed by atoms with van der Waals surface area (Å²) in [7, 11) is 0. The van der Waals surface area contributed by atoms with Crippen LogP contribution in [0.2, 0.25) is 0 Å². The number of nitrogens with one attached hydrogen (secondary N) is 1. The standard InChI is InChI=1S/C28H26FN5O3/c29-21-8-5-18(6-9-21)7-10-22-25(19-11-14-33(15-12-19)26(35)20-13-16-37-17-20)32-34(27(22)36)28-30-23-3-1-2-4-24(23)31-28/h1-6,8-9,13,16-17,19,36H,7,10-12,14-15H2,(H,30,31). The molecule has 1 aliphatic heterocycles. The van der Waals surface area contributed by atoms with E-state index in [1.54, 1.807) is 18.2 Å². The number of para-hydroxylation sites is 2. The Morgan fingerprint density at radius 2 is 1.86 bits per heavy atom. The first-order chi connectivity index (χ1) is 18.1. The number of H-pyrrole nitrogens is 1. The molecule has 37 heavy (non-hydrogen) atoms. The molecule has 4 heterocycles. The van der Waals surface area contributed by atoms with Crippen LogP contribution in [0.5, 0.6) is 5.88 Å². The zero-order chi connectivity index (χ0) is 25.4. The molecule has 9 heteroatoms. The van der Waals surface area contributed by atoms with E-state index in [2.05, 4.69) is 9.97 Å². The molecule has 0 unspecified atom stereocenters. The second-order valence-corrected chi connectivity index (χ2v) is 9.38. The monoisotopic (exact) mass is 499 g/mol. The summed E-state index contributed by atoms with van der Waals surface area (Å²) < 4.78 is 19.9. The lowest BCUT2D eigenvalue weighted by Crippen LogP contribution is -2.38. The maximum atomic E-state index is 13.4. The van der Waals surface area contributed by atoms with Gasteiger partial charge in [-0.15, -0.1) is 0 Å². The Hall–Kier alpha value is -4.40. The van der Waals surface area contributed by atoms with Crippen LogP contribution < -0.4 is 0 Å². The number of benzene rings is 2. The van der Waals surface area contributed by atoms with Gasteiger partial charge < -0.3 is 19.4 Å². The smallest absolute Gasteiger partial charge is 0.257 e. The highest BCUT2D eigenvalue weighted by molar-refractivity contribution is 5.93. The first-order valence-corrected chi connectivity index (χ1v) is 12.4. The van der Waals surface area contributed by atoms with E-state index < -0.39 is 0 Å². The number of piperidine rings is 1. The predicted octanol–water partition coefficient (Wildman–Crippen LogP) is 4.99. The summed E-state index contributed by atoms with van der Waals surface area (Å²) in [5.41, 5.74) is 4.73. The first-order valence-electron chi connectivity index (χ1n) is 12.4. The average molecular weight is 500 g/mol. The van der Waals surface area contributed by atoms with E-state index in [1.807, 2.05) is 29.2 Å². The van der Waals surface area contributed by atoms with Crippen molar-refractivity contribution in [2.75, 3.05) is 13.1 Å². The van der Waals surface area contributed by atoms with Gasteiger partial charge in [-0.1, -0.05) is 24.3 Å². The summed E-state index contributed by atoms with van der Waals surface area (Å²) in [6.07, 6.45) is 5.59. The number of carbonyl (C=O) groups excluding carboxylic acids is 1. The molecule has 2 aromatic carbocycles. The topological polar surface area (TPSA) is 100 Å². The average Bonchev–Trinajstić information content (AvgIpc) is 3.67. The number of nitrogens with zero attached hydrogens (tertiary/aromatic N) is 4. The molecule has 2 N–H and O–H groups in total. The van der Waals surface area contributed by atoms with Gasteiger partial charge in [0.05, 0.1) is 28.6 Å². The van der Waals surface area contributed by atoms with Crippen molar-refractivity contribution >= 4 is 16.9 Å². The van der Waals surface area contributed by atoms with E-state index in [4.69, 9.17) is 9.52 Å². The van der Waals surface area contributed by atoms with E-state index in [-0.39, 0.29) is 23.5 Å². The van der Waals surface area contributed by atoms with Gasteiger partial charge in [-0.25, -0.2) is 9.37 Å². The second-order valence-electron chi connectivity index (χ2n) is 9.38. The Kier molecular flexibility index (Phi) is 5.96. The van der Waals surface area contributed by atoms with E-state index >= 15 is 0 Å². The van der Waals surface area contributed by atoms with E-state index in [0.717, 1.165) is 40.7 Å². The van der Waals surface area contributed by atoms with Gasteiger partial charge in [-0.2, -0.15) is 9.78 Å². The molecule has 0 radical (unpaired) electrons. The minimum atomic E-state index is -0.276. The van der Waals surface area contributed by atoms with Crippen molar-refractivity contribution in [1.82, 2.24) is 24.6 Å². The summed E-state index contributed by atoms with van der Waals surface area (Å²) in [5.74, 6) is 0.253. The third-order valence-corrected chi connectivity index (χ3v) is 7.08. The highest BCUT2D eigenvalue weighted by Gasteiger charge is 2.31. The number of aromatic amines is 1. The number of carbonyl (C=O) groups is 1. The zero-order valence-electron chi connectivity index (χ0n) is 20.1. The molecule has 0 atom stereocenters. The summed E-state index contributed by atoms with van der Waals surface area (Å²) in [4.78, 5) is 22.4. The van der Waals surface area contributed by atoms with Gasteiger partial charge in [-0.05, 0) is 61.6 Å². The maximum absolute atomic E-state index is 13.4. The SMILES string of the molecule is O=C(c1ccoc1)N1CCC(c2nn(-c3nc4ccccc4[nH]3)c(O)c2CCc2ccc(F)cc2)CC1. The van der Waals surface area contributed by atoms with Crippen LogP contribution in [0.25, 0.3) is 17.0 Å². The molecule has 0 bridgehead atoms. The molecule has 0 aliphatic carbocycles. The van der Waals surface area contributed by atoms with Crippen molar-refractivity contribution in [1.29, 1.82) is 0 Å². The Balaban J connectivity index is 1.29. The number of aromatic hydroxyl groups is 1. The van der Waals surface area contributed by atoms with Crippen LogP contribution in [-0.2, 0) is 12.8 Å². The van der Waals surface area contributed by atoms with Crippen LogP contribution in [-0.4, -0.2) is 48.8 Å². The number of likely N-dealkylation sites (tertiary alicyclic amines) is 1. The molecule has 8 nitrogen and oxygen atoms in total. The van der Waals surface area contributed by atoms with Gasteiger partial charge in [0.1, 0.15) is 12.1 Å². The molecule has 1 saturated heterocycles. The van der Waals surface area contributed by atoms with Gasteiger partial charge in [0, 0.05) is 24.6 Å². The highest BCUT2D eigenvalue weighted by atomic mass is 19.1. The fraction of sp³-hybridized carbons (Fsp3) is 0.250. The minimum Gasteiger partial charge on any atom is -0.493 e. The Bertz CT molecular complexity index is 1500. The number of aromatic nitrogens is 4. The van der Waals surface area contributed by atoms with Crippen LogP contribution >= 0.6 is 0 Å². The number of furan rings is 1. The van der Waals surface area contributed by atoms with Crippen LogP contribution in [0, 0.1) is 5.82 Å². The van der Waals surface area contributed by atoms with Gasteiger partial charge >= 0.3 is 0 Å². The van der Waals surface area contributed by atoms with Crippen molar-refractivity contribution in [3.05, 3.63) is 95.3 Å². The fourth-order valence-corrected chi connectivity index (χ4v) is 5.06. The number of fused-ring (bicyclic) bond motifs is 1. The van der Waals surface area contributed by atoms with Gasteiger partial charge in [0.2, 0.25) is 11.8 Å². The van der Waals surface area contributed by atoms with Crippen molar-refractivity contribution < 1.29 is 18.7 Å². The molecular weight excluding hydrogens is 473 g/mol. The fourth-order valence-electron chi connectivity index (χ4n) is 5.06. The van der Waals surface area contributed by atoms with E-state index in [1.165, 1.54) is 29.3 Å². The number of halogens is 1. The summed E-state index contributed by atoms with van der Waals surface area (Å²) in [6.45, 7) is 1.18. The third-order valence-electron chi connectivity index (χ3n) is 7.08. The van der Waals surface area contributed by atoms with Crippen molar-refractivity contribution in [3.63, 3.8) is 0 Å². The molecule has 1 amide bonds. The number of rotatable bonds is 6. The molecule has 188 valence electrons. The number of amides is 1. The number of hydrogen-bond acceptors (Lipinski definition) is 5. The molecule has 0 spiro atoms. The van der Waals surface area contributed by atoms with Gasteiger partial charge in [0.15, 0.2) is 0 Å². The first kappa shape index (κ1) is 23.0. The van der Waals surface area contributed by atoms with Crippen LogP contribution in [0.1, 0.15) is 45.9 Å². The second kappa shape index (κ2) is 9.57. The lowest BCUT2D eigenvalue weighted by molar-refractivity contribution is 0.0711. The predicted molar refractivity (Wildman–Crippen MR) is 135 cm³/mol. The lowest BCUT2D eigenvalue weighted by Gasteiger charge is -2.31. The van der Waals surface area contributed by atoms with Gasteiger partial charge in [-0.3, -0.25) is 4.79 Å². The van der Waals surface area contributed by atoms with E-state index in [0.29, 0.717) is 37.4 Å². The van der Waals surface area contributed by atoms with Crippen LogP contribution in [0.3, 0.4) is 0 Å². The van der Waals surface area contributed by atoms with Gasteiger partial charge in [0.25, 0.3) is 5.91 Å². The zero-order valence-corrected chi connectivity index (χ0v) is 20.1. The lowest BCUT2D eigenvalue weighted by atomic mass is 9.89. The number of aryl methyl sites for hydroxylation is 1. The van der Waals surface area contributed by atoms with Crippen LogP contribution in [0.15, 0.2) is 71.5 Å². The normalized spacial score (nSPS) is 14.5. The number of hydrogen-bond donors (Lipinski definition) is 2. The van der Waals surface area contributed by atoms with E-state index in [9.17, 15) is 14.3 Å². The minimum absolute atomic E-state index is 0.0422. The Morgan fingerprint density at radius 3 is 2.59 bits per heavy atom. The van der Waals surface area contributed by atoms with Crippen LogP contribution in [0.4, 0.5) is 4.39 Å². The Morgan fingerprint density at radius 1 is 1.08 bits per heavy atom. The summed E-state index contributed by atoms with van der Waals surface area (Å²) in [5, 5.41) is 16.2. The summed E-state index contributed by atoms with van der Waals surface area (Å²) in [6, 6.07) is 15.7. The Labute approximate surface area is 212 Å². The van der Waals surface area contributed by atoms with Crippen molar-refractivity contribution in [2.24, 2.45) is 0 Å². The molecule has 3 aromatic heterocycles. The number of imidazole rings is 1. The molecule has 6 rings (SSSR count). The quantitative estimate of drug-likeness (QED) is 0.343. The maximum Gasteiger partial charge on any atom is 0.257 e. The molecule has 1 fully saturated rings. The summed E-state index contributed by atoms with van der Waals surface area (Å²) >= 11 is 0. The van der Waals surface area contributed by atoms with Crippen molar-refractivity contribution in [2.45, 2.75) is 31.6 Å².